The fraction of sp³-hybridized carbons (Fsp3) is 0.357. The lowest BCUT2D eigenvalue weighted by Crippen LogP contribution is -2.35. The minimum Gasteiger partial charge on any atom is -0.384 e. The number of halogens is 2. The number of aromatic nitrogens is 2. The summed E-state index contributed by atoms with van der Waals surface area (Å²) in [4.78, 5) is 4.75. The first-order valence-electron chi connectivity index (χ1n) is 12.1. The Bertz CT molecular complexity index is 1350. The van der Waals surface area contributed by atoms with Crippen LogP contribution in [0.1, 0.15) is 61.5 Å². The second-order valence-corrected chi connectivity index (χ2v) is 10.5. The van der Waals surface area contributed by atoms with Crippen LogP contribution in [0.15, 0.2) is 59.1 Å². The van der Waals surface area contributed by atoms with E-state index in [9.17, 15) is 5.11 Å². The van der Waals surface area contributed by atoms with Gasteiger partial charge in [0.15, 0.2) is 0 Å². The number of hydrogen-bond donors (Lipinski definition) is 1. The molecule has 0 saturated heterocycles. The zero-order chi connectivity index (χ0) is 24.0. The second kappa shape index (κ2) is 9.21. The summed E-state index contributed by atoms with van der Waals surface area (Å²) in [6.07, 6.45) is 4.91. The molecule has 4 aromatic rings. The van der Waals surface area contributed by atoms with Gasteiger partial charge in [-0.25, -0.2) is 4.98 Å². The van der Waals surface area contributed by atoms with Gasteiger partial charge >= 0.3 is 0 Å². The molecule has 0 atom stereocenters. The van der Waals surface area contributed by atoms with Crippen molar-refractivity contribution in [2.24, 2.45) is 0 Å². The Morgan fingerprint density at radius 2 is 1.69 bits per heavy atom. The SMILES string of the molecule is O[C@]1(c2ccc3ccccc3n2)CC[C@H](OCc2c(-c3c(Cl)cccc3Cl)noc2C2CC2)CC1. The van der Waals surface area contributed by atoms with Gasteiger partial charge in [-0.15, -0.1) is 0 Å². The molecule has 6 rings (SSSR count). The van der Waals surface area contributed by atoms with E-state index < -0.39 is 5.60 Å². The summed E-state index contributed by atoms with van der Waals surface area (Å²) in [5, 5.41) is 17.9. The first-order valence-corrected chi connectivity index (χ1v) is 12.9. The summed E-state index contributed by atoms with van der Waals surface area (Å²) in [7, 11) is 0. The molecular formula is C28H26Cl2N2O3. The molecule has 2 aromatic carbocycles. The number of ether oxygens (including phenoxy) is 1. The molecule has 2 heterocycles. The van der Waals surface area contributed by atoms with Crippen molar-refractivity contribution < 1.29 is 14.4 Å². The lowest BCUT2D eigenvalue weighted by Gasteiger charge is -2.35. The Morgan fingerprint density at radius 3 is 2.43 bits per heavy atom. The summed E-state index contributed by atoms with van der Waals surface area (Å²) in [6, 6.07) is 17.4. The molecule has 2 fully saturated rings. The van der Waals surface area contributed by atoms with Crippen LogP contribution in [-0.4, -0.2) is 21.4 Å². The largest absolute Gasteiger partial charge is 0.384 e. The highest BCUT2D eigenvalue weighted by atomic mass is 35.5. The average molecular weight is 509 g/mol. The molecule has 35 heavy (non-hydrogen) atoms. The van der Waals surface area contributed by atoms with Crippen LogP contribution in [0, 0.1) is 0 Å². The minimum absolute atomic E-state index is 0.0345. The Hall–Kier alpha value is -2.44. The fourth-order valence-corrected chi connectivity index (χ4v) is 5.64. The van der Waals surface area contributed by atoms with E-state index in [4.69, 9.17) is 37.4 Å². The second-order valence-electron chi connectivity index (χ2n) is 9.68. The molecule has 0 bridgehead atoms. The number of nitrogens with zero attached hydrogens (tertiary/aromatic N) is 2. The van der Waals surface area contributed by atoms with Gasteiger partial charge in [0.05, 0.1) is 34.0 Å². The van der Waals surface area contributed by atoms with Crippen molar-refractivity contribution in [1.29, 1.82) is 0 Å². The number of aliphatic hydroxyl groups is 1. The van der Waals surface area contributed by atoms with Crippen LogP contribution in [0.3, 0.4) is 0 Å². The molecule has 0 aliphatic heterocycles. The smallest absolute Gasteiger partial charge is 0.145 e. The van der Waals surface area contributed by atoms with Gasteiger partial charge in [0, 0.05) is 22.4 Å². The highest BCUT2D eigenvalue weighted by molar-refractivity contribution is 6.39. The third-order valence-electron chi connectivity index (χ3n) is 7.26. The van der Waals surface area contributed by atoms with Gasteiger partial charge in [-0.1, -0.05) is 58.7 Å². The van der Waals surface area contributed by atoms with Crippen LogP contribution < -0.4 is 0 Å². The van der Waals surface area contributed by atoms with E-state index in [2.05, 4.69) is 5.16 Å². The summed E-state index contributed by atoms with van der Waals surface area (Å²) < 4.78 is 12.1. The van der Waals surface area contributed by atoms with Crippen molar-refractivity contribution in [3.05, 3.63) is 81.7 Å². The quantitative estimate of drug-likeness (QED) is 0.293. The van der Waals surface area contributed by atoms with Gasteiger partial charge in [-0.2, -0.15) is 0 Å². The molecule has 2 aliphatic rings. The van der Waals surface area contributed by atoms with Crippen molar-refractivity contribution >= 4 is 34.1 Å². The zero-order valence-corrected chi connectivity index (χ0v) is 20.7. The van der Waals surface area contributed by atoms with Crippen molar-refractivity contribution in [2.45, 2.75) is 62.8 Å². The van der Waals surface area contributed by atoms with Gasteiger partial charge in [-0.3, -0.25) is 0 Å². The van der Waals surface area contributed by atoms with Gasteiger partial charge in [0.25, 0.3) is 0 Å². The van der Waals surface area contributed by atoms with Gasteiger partial charge in [0.2, 0.25) is 0 Å². The van der Waals surface area contributed by atoms with Crippen molar-refractivity contribution in [3.8, 4) is 11.3 Å². The highest BCUT2D eigenvalue weighted by Gasteiger charge is 2.38. The van der Waals surface area contributed by atoms with Gasteiger partial charge in [-0.05, 0) is 62.8 Å². The number of pyridine rings is 1. The van der Waals surface area contributed by atoms with Crippen molar-refractivity contribution in [1.82, 2.24) is 10.1 Å². The van der Waals surface area contributed by atoms with E-state index in [0.29, 0.717) is 46.7 Å². The lowest BCUT2D eigenvalue weighted by molar-refractivity contribution is -0.0660. The third kappa shape index (κ3) is 4.47. The Balaban J connectivity index is 1.18. The molecular weight excluding hydrogens is 483 g/mol. The normalized spacial score (nSPS) is 22.5. The predicted octanol–water partition coefficient (Wildman–Crippen LogP) is 7.42. The topological polar surface area (TPSA) is 68.4 Å². The molecule has 2 aromatic heterocycles. The molecule has 180 valence electrons. The number of para-hydroxylation sites is 1. The van der Waals surface area contributed by atoms with Crippen LogP contribution in [0.2, 0.25) is 10.0 Å². The number of rotatable bonds is 6. The van der Waals surface area contributed by atoms with Crippen LogP contribution in [0.5, 0.6) is 0 Å². The maximum atomic E-state index is 11.4. The summed E-state index contributed by atoms with van der Waals surface area (Å²) in [5.74, 6) is 1.26. The summed E-state index contributed by atoms with van der Waals surface area (Å²) >= 11 is 12.9. The molecule has 2 aliphatic carbocycles. The summed E-state index contributed by atoms with van der Waals surface area (Å²) in [6.45, 7) is 0.379. The standard InChI is InChI=1S/C28H26Cl2N2O3/c29-21-5-3-6-22(30)25(21)26-20(27(35-32-26)18-8-9-18)16-34-19-12-14-28(33,15-13-19)24-11-10-17-4-1-2-7-23(17)31-24/h1-7,10-11,18-19,33H,8-9,12-16H2/t19-,28+. The zero-order valence-electron chi connectivity index (χ0n) is 19.2. The van der Waals surface area contributed by atoms with Gasteiger partial charge < -0.3 is 14.4 Å². The van der Waals surface area contributed by atoms with E-state index >= 15 is 0 Å². The summed E-state index contributed by atoms with van der Waals surface area (Å²) in [5.41, 5.74) is 2.99. The van der Waals surface area contributed by atoms with Crippen molar-refractivity contribution in [3.63, 3.8) is 0 Å². The Morgan fingerprint density at radius 1 is 0.943 bits per heavy atom. The van der Waals surface area contributed by atoms with Crippen LogP contribution in [-0.2, 0) is 16.9 Å². The van der Waals surface area contributed by atoms with Crippen LogP contribution in [0.25, 0.3) is 22.2 Å². The molecule has 2 saturated carbocycles. The average Bonchev–Trinajstić information content (AvgIpc) is 3.64. The number of fused-ring (bicyclic) bond motifs is 1. The van der Waals surface area contributed by atoms with Gasteiger partial charge in [0.1, 0.15) is 17.1 Å². The van der Waals surface area contributed by atoms with E-state index in [1.54, 1.807) is 0 Å². The third-order valence-corrected chi connectivity index (χ3v) is 7.89. The number of benzene rings is 2. The number of hydrogen-bond acceptors (Lipinski definition) is 5. The van der Waals surface area contributed by atoms with E-state index in [0.717, 1.165) is 53.6 Å². The maximum Gasteiger partial charge on any atom is 0.145 e. The van der Waals surface area contributed by atoms with Crippen LogP contribution in [0.4, 0.5) is 0 Å². The first kappa shape index (κ1) is 23.0. The monoisotopic (exact) mass is 508 g/mol. The first-order chi connectivity index (χ1) is 17.0. The lowest BCUT2D eigenvalue weighted by atomic mass is 9.80. The maximum absolute atomic E-state index is 11.4. The molecule has 0 amide bonds. The minimum atomic E-state index is -0.934. The van der Waals surface area contributed by atoms with E-state index in [1.807, 2.05) is 54.6 Å². The molecule has 0 spiro atoms. The molecule has 5 nitrogen and oxygen atoms in total. The van der Waals surface area contributed by atoms with E-state index in [-0.39, 0.29) is 6.10 Å². The highest BCUT2D eigenvalue weighted by Crippen LogP contribution is 2.46. The van der Waals surface area contributed by atoms with E-state index in [1.165, 1.54) is 0 Å². The van der Waals surface area contributed by atoms with Crippen LogP contribution >= 0.6 is 23.2 Å². The Kier molecular flexibility index (Phi) is 6.05. The molecule has 7 heteroatoms. The molecule has 0 unspecified atom stereocenters. The molecule has 0 radical (unpaired) electrons. The Labute approximate surface area is 214 Å². The fourth-order valence-electron chi connectivity index (χ4n) is 5.07. The van der Waals surface area contributed by atoms with Crippen molar-refractivity contribution in [2.75, 3.05) is 0 Å². The molecule has 1 N–H and O–H groups in total. The predicted molar refractivity (Wildman–Crippen MR) is 137 cm³/mol.